The Bertz CT molecular complexity index is 999. The van der Waals surface area contributed by atoms with Crippen LogP contribution in [-0.2, 0) is 0 Å². The van der Waals surface area contributed by atoms with Gasteiger partial charge < -0.3 is 10.0 Å². The standard InChI is InChI=1S/C26H35N3O2/c1-17-6-11-23(29(25(30)31)24(17)26(2,3)4)20-8-7-18-9-10-21(27-22(18)16-20)19-12-14-28(5)15-13-19/h7-11,16-17,19,24H,6,12-15H2,1-5H3,(H,30,31)/t17-,24?/m0/s1. The lowest BCUT2D eigenvalue weighted by molar-refractivity contribution is 0.0839. The van der Waals surface area contributed by atoms with Crippen molar-refractivity contribution >= 4 is 22.7 Å². The predicted octanol–water partition coefficient (Wildman–Crippen LogP) is 5.82. The summed E-state index contributed by atoms with van der Waals surface area (Å²) in [4.78, 5) is 21.3. The van der Waals surface area contributed by atoms with Gasteiger partial charge in [0.15, 0.2) is 0 Å². The van der Waals surface area contributed by atoms with Gasteiger partial charge in [-0.05, 0) is 62.9 Å². The topological polar surface area (TPSA) is 56.7 Å². The van der Waals surface area contributed by atoms with Gasteiger partial charge in [-0.1, -0.05) is 52.0 Å². The minimum absolute atomic E-state index is 0.0702. The molecule has 2 aromatic rings. The molecule has 31 heavy (non-hydrogen) atoms. The van der Waals surface area contributed by atoms with Crippen LogP contribution >= 0.6 is 0 Å². The van der Waals surface area contributed by atoms with Gasteiger partial charge in [-0.2, -0.15) is 0 Å². The molecule has 1 aromatic heterocycles. The number of amides is 1. The van der Waals surface area contributed by atoms with Crippen LogP contribution in [0.1, 0.15) is 64.1 Å². The third-order valence-electron chi connectivity index (χ3n) is 7.00. The highest BCUT2D eigenvalue weighted by molar-refractivity contribution is 5.87. The lowest BCUT2D eigenvalue weighted by Crippen LogP contribution is -2.51. The van der Waals surface area contributed by atoms with E-state index in [0.29, 0.717) is 5.92 Å². The molecule has 0 aliphatic carbocycles. The van der Waals surface area contributed by atoms with Gasteiger partial charge in [0, 0.05) is 28.6 Å². The summed E-state index contributed by atoms with van der Waals surface area (Å²) in [5, 5.41) is 11.2. The molecule has 4 rings (SSSR count). The first-order valence-electron chi connectivity index (χ1n) is 11.5. The van der Waals surface area contributed by atoms with Crippen LogP contribution in [-0.4, -0.2) is 52.2 Å². The van der Waals surface area contributed by atoms with Crippen LogP contribution in [0.4, 0.5) is 4.79 Å². The van der Waals surface area contributed by atoms with Gasteiger partial charge in [0.1, 0.15) is 0 Å². The smallest absolute Gasteiger partial charge is 0.412 e. The SMILES string of the molecule is C[C@H]1CC=C(c2ccc3ccc(C4CCN(C)CC4)nc3c2)N(C(=O)O)C1C(C)(C)C. The Morgan fingerprint density at radius 3 is 2.45 bits per heavy atom. The molecule has 166 valence electrons. The van der Waals surface area contributed by atoms with E-state index in [1.54, 1.807) is 4.90 Å². The second-order valence-electron chi connectivity index (χ2n) is 10.5. The number of aromatic nitrogens is 1. The summed E-state index contributed by atoms with van der Waals surface area (Å²) in [7, 11) is 2.17. The highest BCUT2D eigenvalue weighted by atomic mass is 16.4. The summed E-state index contributed by atoms with van der Waals surface area (Å²) in [5.41, 5.74) is 3.69. The van der Waals surface area contributed by atoms with Crippen LogP contribution in [0, 0.1) is 11.3 Å². The first-order chi connectivity index (χ1) is 14.6. The zero-order chi connectivity index (χ0) is 22.3. The number of rotatable bonds is 2. The number of nitrogens with zero attached hydrogens (tertiary/aromatic N) is 3. The van der Waals surface area contributed by atoms with Gasteiger partial charge in [0.25, 0.3) is 0 Å². The molecule has 1 amide bonds. The van der Waals surface area contributed by atoms with E-state index in [1.807, 2.05) is 6.07 Å². The van der Waals surface area contributed by atoms with Crippen molar-refractivity contribution in [3.8, 4) is 0 Å². The fraction of sp³-hybridized carbons (Fsp3) is 0.538. The molecule has 3 heterocycles. The second-order valence-corrected chi connectivity index (χ2v) is 10.5. The number of hydrogen-bond donors (Lipinski definition) is 1. The van der Waals surface area contributed by atoms with Crippen molar-refractivity contribution in [3.63, 3.8) is 0 Å². The lowest BCUT2D eigenvalue weighted by Gasteiger charge is -2.45. The zero-order valence-corrected chi connectivity index (χ0v) is 19.4. The van der Waals surface area contributed by atoms with Crippen LogP contribution in [0.15, 0.2) is 36.4 Å². The molecule has 0 bridgehead atoms. The van der Waals surface area contributed by atoms with Crippen molar-refractivity contribution in [3.05, 3.63) is 47.7 Å². The lowest BCUT2D eigenvalue weighted by atomic mass is 9.75. The first kappa shape index (κ1) is 21.8. The molecule has 2 atom stereocenters. The largest absolute Gasteiger partial charge is 0.465 e. The van der Waals surface area contributed by atoms with E-state index in [2.05, 4.69) is 70.0 Å². The molecule has 5 heteroatoms. The predicted molar refractivity (Wildman–Crippen MR) is 126 cm³/mol. The Balaban J connectivity index is 1.72. The van der Waals surface area contributed by atoms with Gasteiger partial charge >= 0.3 is 6.09 Å². The van der Waals surface area contributed by atoms with Gasteiger partial charge in [0.2, 0.25) is 0 Å². The minimum atomic E-state index is -0.883. The third-order valence-corrected chi connectivity index (χ3v) is 7.00. The molecule has 0 spiro atoms. The first-order valence-corrected chi connectivity index (χ1v) is 11.5. The normalized spacial score (nSPS) is 23.8. The highest BCUT2D eigenvalue weighted by Crippen LogP contribution is 2.41. The number of pyridine rings is 1. The number of carbonyl (C=O) groups is 1. The monoisotopic (exact) mass is 421 g/mol. The van der Waals surface area contributed by atoms with Gasteiger partial charge in [-0.3, -0.25) is 9.88 Å². The number of hydrogen-bond acceptors (Lipinski definition) is 3. The van der Waals surface area contributed by atoms with Gasteiger partial charge in [-0.15, -0.1) is 0 Å². The Kier molecular flexibility index (Phi) is 5.82. The number of benzene rings is 1. The fourth-order valence-corrected chi connectivity index (χ4v) is 5.47. The summed E-state index contributed by atoms with van der Waals surface area (Å²) in [6, 6.07) is 10.4. The van der Waals surface area contributed by atoms with E-state index in [9.17, 15) is 9.90 Å². The Labute approximate surface area is 185 Å². The van der Waals surface area contributed by atoms with Crippen molar-refractivity contribution in [2.45, 2.75) is 58.9 Å². The molecule has 5 nitrogen and oxygen atoms in total. The van der Waals surface area contributed by atoms with Gasteiger partial charge in [-0.25, -0.2) is 4.79 Å². The maximum Gasteiger partial charge on any atom is 0.412 e. The molecule has 2 aliphatic heterocycles. The molecule has 1 aromatic carbocycles. The number of fused-ring (bicyclic) bond motifs is 1. The van der Waals surface area contributed by atoms with E-state index in [1.165, 1.54) is 0 Å². The molecular weight excluding hydrogens is 386 g/mol. The Hall–Kier alpha value is -2.40. The van der Waals surface area contributed by atoms with E-state index in [-0.39, 0.29) is 17.4 Å². The van der Waals surface area contributed by atoms with Crippen LogP contribution in [0.5, 0.6) is 0 Å². The quantitative estimate of drug-likeness (QED) is 0.664. The van der Waals surface area contributed by atoms with E-state index < -0.39 is 6.09 Å². The molecule has 1 unspecified atom stereocenters. The zero-order valence-electron chi connectivity index (χ0n) is 19.4. The third kappa shape index (κ3) is 4.33. The van der Waals surface area contributed by atoms with Crippen molar-refractivity contribution in [2.24, 2.45) is 11.3 Å². The van der Waals surface area contributed by atoms with E-state index in [0.717, 1.165) is 60.2 Å². The summed E-state index contributed by atoms with van der Waals surface area (Å²) >= 11 is 0. The Morgan fingerprint density at radius 1 is 1.13 bits per heavy atom. The summed E-state index contributed by atoms with van der Waals surface area (Å²) in [5.74, 6) is 0.772. The number of likely N-dealkylation sites (tertiary alicyclic amines) is 1. The molecule has 1 fully saturated rings. The van der Waals surface area contributed by atoms with E-state index in [4.69, 9.17) is 4.98 Å². The molecule has 0 saturated carbocycles. The van der Waals surface area contributed by atoms with Crippen LogP contribution in [0.3, 0.4) is 0 Å². The Morgan fingerprint density at radius 2 is 1.81 bits per heavy atom. The molecule has 0 radical (unpaired) electrons. The number of piperidine rings is 1. The van der Waals surface area contributed by atoms with Crippen molar-refractivity contribution < 1.29 is 9.90 Å². The maximum absolute atomic E-state index is 12.4. The second kappa shape index (κ2) is 8.27. The van der Waals surface area contributed by atoms with Gasteiger partial charge in [0.05, 0.1) is 11.2 Å². The molecular formula is C26H35N3O2. The molecule has 2 aliphatic rings. The number of carboxylic acid groups (broad SMARTS) is 1. The number of allylic oxidation sites excluding steroid dienone is 1. The van der Waals surface area contributed by atoms with Crippen molar-refractivity contribution in [1.82, 2.24) is 14.8 Å². The molecule has 1 saturated heterocycles. The summed E-state index contributed by atoms with van der Waals surface area (Å²) in [6.07, 6.45) is 4.35. The highest BCUT2D eigenvalue weighted by Gasteiger charge is 2.41. The molecule has 1 N–H and O–H groups in total. The fourth-order valence-electron chi connectivity index (χ4n) is 5.47. The van der Waals surface area contributed by atoms with Crippen LogP contribution in [0.2, 0.25) is 0 Å². The average Bonchev–Trinajstić information content (AvgIpc) is 2.72. The summed E-state index contributed by atoms with van der Waals surface area (Å²) < 4.78 is 0. The van der Waals surface area contributed by atoms with Crippen LogP contribution in [0.25, 0.3) is 16.6 Å². The van der Waals surface area contributed by atoms with Crippen molar-refractivity contribution in [1.29, 1.82) is 0 Å². The van der Waals surface area contributed by atoms with E-state index >= 15 is 0 Å². The van der Waals surface area contributed by atoms with Crippen LogP contribution < -0.4 is 0 Å². The minimum Gasteiger partial charge on any atom is -0.465 e. The average molecular weight is 422 g/mol. The van der Waals surface area contributed by atoms with Crippen molar-refractivity contribution in [2.75, 3.05) is 20.1 Å². The summed E-state index contributed by atoms with van der Waals surface area (Å²) in [6.45, 7) is 10.7. The maximum atomic E-state index is 12.4.